The van der Waals surface area contributed by atoms with Gasteiger partial charge in [-0.2, -0.15) is 0 Å². The van der Waals surface area contributed by atoms with Crippen LogP contribution in [0.2, 0.25) is 0 Å². The molecule has 0 radical (unpaired) electrons. The van der Waals surface area contributed by atoms with Crippen LogP contribution in [-0.2, 0) is 9.59 Å². The number of aliphatic carboxylic acids is 1. The lowest BCUT2D eigenvalue weighted by Crippen LogP contribution is -2.54. The molecule has 1 aromatic heterocycles. The molecule has 2 heterocycles. The SMILES string of the molecule is CC(NC(=O)c1ccco1)C(=O)N1CCCC[C@@H]1C(=O)O. The standard InChI is InChI=1S/C14H18N2O5/c1-9(15-12(17)11-6-4-8-21-11)13(18)16-7-3-2-5-10(16)14(19)20/h4,6,8-10H,2-3,5,7H2,1H3,(H,15,17)(H,19,20)/t9?,10-/m1/s1. The summed E-state index contributed by atoms with van der Waals surface area (Å²) in [4.78, 5) is 36.7. The van der Waals surface area contributed by atoms with Gasteiger partial charge in [-0.1, -0.05) is 0 Å². The number of carbonyl (C=O) groups is 3. The summed E-state index contributed by atoms with van der Waals surface area (Å²) in [6, 6.07) is 1.46. The van der Waals surface area contributed by atoms with Gasteiger partial charge in [-0.25, -0.2) is 4.79 Å². The van der Waals surface area contributed by atoms with Crippen molar-refractivity contribution in [1.29, 1.82) is 0 Å². The van der Waals surface area contributed by atoms with E-state index in [1.165, 1.54) is 24.2 Å². The van der Waals surface area contributed by atoms with Gasteiger partial charge >= 0.3 is 5.97 Å². The maximum absolute atomic E-state index is 12.3. The van der Waals surface area contributed by atoms with E-state index in [2.05, 4.69) is 5.32 Å². The summed E-state index contributed by atoms with van der Waals surface area (Å²) in [6.45, 7) is 1.94. The lowest BCUT2D eigenvalue weighted by atomic mass is 10.0. The van der Waals surface area contributed by atoms with Gasteiger partial charge in [0.05, 0.1) is 6.26 Å². The zero-order valence-electron chi connectivity index (χ0n) is 11.7. The van der Waals surface area contributed by atoms with E-state index in [1.54, 1.807) is 6.07 Å². The van der Waals surface area contributed by atoms with Gasteiger partial charge in [-0.05, 0) is 38.3 Å². The second kappa shape index (κ2) is 6.43. The van der Waals surface area contributed by atoms with E-state index >= 15 is 0 Å². The number of hydrogen-bond donors (Lipinski definition) is 2. The number of furan rings is 1. The molecular weight excluding hydrogens is 276 g/mol. The van der Waals surface area contributed by atoms with E-state index in [0.29, 0.717) is 13.0 Å². The summed E-state index contributed by atoms with van der Waals surface area (Å²) in [5.74, 6) is -1.78. The van der Waals surface area contributed by atoms with Gasteiger partial charge in [0.25, 0.3) is 5.91 Å². The smallest absolute Gasteiger partial charge is 0.326 e. The van der Waals surface area contributed by atoms with Crippen LogP contribution in [0.3, 0.4) is 0 Å². The van der Waals surface area contributed by atoms with Crippen LogP contribution in [0, 0.1) is 0 Å². The molecule has 114 valence electrons. The number of nitrogens with zero attached hydrogens (tertiary/aromatic N) is 1. The number of carboxylic acids is 1. The van der Waals surface area contributed by atoms with Crippen molar-refractivity contribution in [3.8, 4) is 0 Å². The number of carboxylic acid groups (broad SMARTS) is 1. The Hall–Kier alpha value is -2.31. The minimum Gasteiger partial charge on any atom is -0.480 e. The molecule has 2 atom stereocenters. The second-order valence-corrected chi connectivity index (χ2v) is 5.05. The molecule has 0 bridgehead atoms. The summed E-state index contributed by atoms with van der Waals surface area (Å²) in [6.07, 6.45) is 3.37. The summed E-state index contributed by atoms with van der Waals surface area (Å²) in [7, 11) is 0. The van der Waals surface area contributed by atoms with Crippen LogP contribution in [0.25, 0.3) is 0 Å². The molecule has 1 unspecified atom stereocenters. The van der Waals surface area contributed by atoms with Gasteiger partial charge in [0.2, 0.25) is 5.91 Å². The van der Waals surface area contributed by atoms with Gasteiger partial charge < -0.3 is 19.7 Å². The molecule has 0 spiro atoms. The first-order valence-corrected chi connectivity index (χ1v) is 6.88. The van der Waals surface area contributed by atoms with Crippen molar-refractivity contribution in [3.05, 3.63) is 24.2 Å². The molecule has 2 amide bonds. The Balaban J connectivity index is 2.00. The molecular formula is C14H18N2O5. The van der Waals surface area contributed by atoms with Crippen LogP contribution < -0.4 is 5.32 Å². The highest BCUT2D eigenvalue weighted by molar-refractivity contribution is 5.96. The van der Waals surface area contributed by atoms with Crippen molar-refractivity contribution >= 4 is 17.8 Å². The van der Waals surface area contributed by atoms with Gasteiger partial charge in [0.1, 0.15) is 12.1 Å². The Kier molecular flexibility index (Phi) is 4.62. The zero-order chi connectivity index (χ0) is 15.4. The fourth-order valence-electron chi connectivity index (χ4n) is 2.44. The first-order valence-electron chi connectivity index (χ1n) is 6.88. The fraction of sp³-hybridized carbons (Fsp3) is 0.500. The van der Waals surface area contributed by atoms with Crippen molar-refractivity contribution in [3.63, 3.8) is 0 Å². The lowest BCUT2D eigenvalue weighted by Gasteiger charge is -2.34. The summed E-state index contributed by atoms with van der Waals surface area (Å²) >= 11 is 0. The van der Waals surface area contributed by atoms with Crippen LogP contribution in [0.4, 0.5) is 0 Å². The highest BCUT2D eigenvalue weighted by Crippen LogP contribution is 2.18. The summed E-state index contributed by atoms with van der Waals surface area (Å²) in [5, 5.41) is 11.7. The van der Waals surface area contributed by atoms with Gasteiger partial charge in [-0.3, -0.25) is 9.59 Å². The van der Waals surface area contributed by atoms with E-state index in [9.17, 15) is 19.5 Å². The molecule has 21 heavy (non-hydrogen) atoms. The highest BCUT2D eigenvalue weighted by atomic mass is 16.4. The molecule has 1 aliphatic heterocycles. The molecule has 2 rings (SSSR count). The molecule has 7 heteroatoms. The molecule has 1 saturated heterocycles. The third-order valence-electron chi connectivity index (χ3n) is 3.53. The quantitative estimate of drug-likeness (QED) is 0.858. The van der Waals surface area contributed by atoms with Crippen molar-refractivity contribution in [2.75, 3.05) is 6.54 Å². The van der Waals surface area contributed by atoms with Crippen LogP contribution in [-0.4, -0.2) is 46.4 Å². The molecule has 7 nitrogen and oxygen atoms in total. The van der Waals surface area contributed by atoms with Crippen LogP contribution >= 0.6 is 0 Å². The molecule has 0 aromatic carbocycles. The van der Waals surface area contributed by atoms with E-state index in [1.807, 2.05) is 0 Å². The average molecular weight is 294 g/mol. The predicted octanol–water partition coefficient (Wildman–Crippen LogP) is 0.864. The van der Waals surface area contributed by atoms with Crippen molar-refractivity contribution in [1.82, 2.24) is 10.2 Å². The lowest BCUT2D eigenvalue weighted by molar-refractivity contribution is -0.152. The number of likely N-dealkylation sites (tertiary alicyclic amines) is 1. The zero-order valence-corrected chi connectivity index (χ0v) is 11.7. The van der Waals surface area contributed by atoms with E-state index in [0.717, 1.165) is 12.8 Å². The Morgan fingerprint density at radius 1 is 1.43 bits per heavy atom. The molecule has 1 aliphatic rings. The highest BCUT2D eigenvalue weighted by Gasteiger charge is 2.34. The Bertz CT molecular complexity index is 525. The van der Waals surface area contributed by atoms with E-state index in [4.69, 9.17) is 4.42 Å². The Morgan fingerprint density at radius 2 is 2.19 bits per heavy atom. The van der Waals surface area contributed by atoms with Crippen molar-refractivity contribution < 1.29 is 23.9 Å². The summed E-state index contributed by atoms with van der Waals surface area (Å²) < 4.78 is 4.95. The molecule has 0 aliphatic carbocycles. The van der Waals surface area contributed by atoms with E-state index < -0.39 is 24.0 Å². The van der Waals surface area contributed by atoms with Crippen LogP contribution in [0.1, 0.15) is 36.7 Å². The fourth-order valence-corrected chi connectivity index (χ4v) is 2.44. The number of rotatable bonds is 4. The minimum absolute atomic E-state index is 0.114. The first-order chi connectivity index (χ1) is 10.0. The Labute approximate surface area is 121 Å². The van der Waals surface area contributed by atoms with E-state index in [-0.39, 0.29) is 11.7 Å². The Morgan fingerprint density at radius 3 is 2.81 bits per heavy atom. The third-order valence-corrected chi connectivity index (χ3v) is 3.53. The monoisotopic (exact) mass is 294 g/mol. The van der Waals surface area contributed by atoms with Crippen LogP contribution in [0.5, 0.6) is 0 Å². The molecule has 0 saturated carbocycles. The number of hydrogen-bond acceptors (Lipinski definition) is 4. The van der Waals surface area contributed by atoms with Crippen molar-refractivity contribution in [2.45, 2.75) is 38.3 Å². The number of nitrogens with one attached hydrogen (secondary N) is 1. The first kappa shape index (κ1) is 15.1. The topological polar surface area (TPSA) is 99.9 Å². The maximum atomic E-state index is 12.3. The predicted molar refractivity (Wildman–Crippen MR) is 72.6 cm³/mol. The van der Waals surface area contributed by atoms with Gasteiger partial charge in [0, 0.05) is 6.54 Å². The maximum Gasteiger partial charge on any atom is 0.326 e. The minimum atomic E-state index is -1.01. The van der Waals surface area contributed by atoms with Gasteiger partial charge in [-0.15, -0.1) is 0 Å². The second-order valence-electron chi connectivity index (χ2n) is 5.05. The largest absolute Gasteiger partial charge is 0.480 e. The molecule has 2 N–H and O–H groups in total. The number of piperidine rings is 1. The third kappa shape index (κ3) is 3.42. The number of carbonyl (C=O) groups excluding carboxylic acids is 2. The average Bonchev–Trinajstić information content (AvgIpc) is 3.00. The number of amides is 2. The van der Waals surface area contributed by atoms with Crippen LogP contribution in [0.15, 0.2) is 22.8 Å². The molecule has 1 fully saturated rings. The molecule has 1 aromatic rings. The summed E-state index contributed by atoms with van der Waals surface area (Å²) in [5.41, 5.74) is 0. The van der Waals surface area contributed by atoms with Crippen molar-refractivity contribution in [2.24, 2.45) is 0 Å². The normalized spacial score (nSPS) is 19.9. The van der Waals surface area contributed by atoms with Gasteiger partial charge in [0.15, 0.2) is 5.76 Å².